The van der Waals surface area contributed by atoms with Crippen LogP contribution in [-0.2, 0) is 16.1 Å². The van der Waals surface area contributed by atoms with Crippen LogP contribution in [0.5, 0.6) is 0 Å². The molecule has 0 spiro atoms. The molecule has 2 fully saturated rings. The van der Waals surface area contributed by atoms with Gasteiger partial charge in [0.2, 0.25) is 11.8 Å². The Labute approximate surface area is 193 Å². The molecule has 3 aliphatic rings. The maximum Gasteiger partial charge on any atom is 0.255 e. The number of rotatable bonds is 11. The first-order chi connectivity index (χ1) is 15.5. The average molecular weight is 462 g/mol. The van der Waals surface area contributed by atoms with E-state index in [1.807, 2.05) is 12.1 Å². The van der Waals surface area contributed by atoms with Crippen molar-refractivity contribution < 1.29 is 18.8 Å². The standard InChI is InChI=1S/C24H32FN3O3S/c25-16-13-17(14-16)26-11-4-2-1-3-5-12-32-21-8-6-7-18-19(21)15-28(24(18)31)20-9-10-22(29)27-23(20)30/h6-8,16-17,20,26H,1-5,9-15H2,(H,27,29,30)/t16-,17-,20?. The molecule has 0 radical (unpaired) electrons. The summed E-state index contributed by atoms with van der Waals surface area (Å²) in [5.41, 5.74) is 1.68. The molecule has 32 heavy (non-hydrogen) atoms. The van der Waals surface area contributed by atoms with E-state index in [2.05, 4.69) is 16.7 Å². The lowest BCUT2D eigenvalue weighted by Crippen LogP contribution is -2.52. The number of hydrogen-bond acceptors (Lipinski definition) is 5. The van der Waals surface area contributed by atoms with E-state index in [1.165, 1.54) is 19.3 Å². The molecule has 2 aliphatic heterocycles. The van der Waals surface area contributed by atoms with Crippen molar-refractivity contribution in [3.8, 4) is 0 Å². The summed E-state index contributed by atoms with van der Waals surface area (Å²) >= 11 is 1.78. The Bertz CT molecular complexity index is 859. The Morgan fingerprint density at radius 1 is 1.09 bits per heavy atom. The monoisotopic (exact) mass is 461 g/mol. The molecule has 1 saturated carbocycles. The van der Waals surface area contributed by atoms with Crippen LogP contribution < -0.4 is 10.6 Å². The summed E-state index contributed by atoms with van der Waals surface area (Å²) in [5, 5.41) is 5.77. The second-order valence-electron chi connectivity index (χ2n) is 9.02. The summed E-state index contributed by atoms with van der Waals surface area (Å²) in [5.74, 6) is 0.248. The molecule has 2 N–H and O–H groups in total. The summed E-state index contributed by atoms with van der Waals surface area (Å²) in [6.45, 7) is 1.42. The van der Waals surface area contributed by atoms with Gasteiger partial charge in [-0.3, -0.25) is 19.7 Å². The third-order valence-corrected chi connectivity index (χ3v) is 7.82. The number of alkyl halides is 1. The van der Waals surface area contributed by atoms with E-state index < -0.39 is 12.2 Å². The molecular weight excluding hydrogens is 429 g/mol. The summed E-state index contributed by atoms with van der Waals surface area (Å²) in [6, 6.07) is 5.62. The molecule has 0 bridgehead atoms. The number of carbonyl (C=O) groups is 3. The third kappa shape index (κ3) is 5.52. The fraction of sp³-hybridized carbons (Fsp3) is 0.625. The molecule has 1 saturated heterocycles. The maximum absolute atomic E-state index is 12.9. The van der Waals surface area contributed by atoms with E-state index in [9.17, 15) is 18.8 Å². The second-order valence-corrected chi connectivity index (χ2v) is 10.2. The van der Waals surface area contributed by atoms with Gasteiger partial charge in [0, 0.05) is 29.5 Å². The van der Waals surface area contributed by atoms with Gasteiger partial charge in [0.05, 0.1) is 0 Å². The molecule has 1 aromatic carbocycles. The molecule has 0 aromatic heterocycles. The Balaban J connectivity index is 1.17. The van der Waals surface area contributed by atoms with Crippen molar-refractivity contribution >= 4 is 29.5 Å². The lowest BCUT2D eigenvalue weighted by Gasteiger charge is -2.30. The van der Waals surface area contributed by atoms with Gasteiger partial charge in [0.15, 0.2) is 0 Å². The van der Waals surface area contributed by atoms with Gasteiger partial charge in [-0.25, -0.2) is 4.39 Å². The molecule has 1 aliphatic carbocycles. The number of nitrogens with zero attached hydrogens (tertiary/aromatic N) is 1. The summed E-state index contributed by atoms with van der Waals surface area (Å²) in [4.78, 5) is 39.3. The normalized spacial score (nSPS) is 25.0. The van der Waals surface area contributed by atoms with Crippen molar-refractivity contribution in [3.63, 3.8) is 0 Å². The third-order valence-electron chi connectivity index (χ3n) is 6.63. The molecule has 1 aromatic rings. The summed E-state index contributed by atoms with van der Waals surface area (Å²) < 4.78 is 12.8. The molecule has 3 amide bonds. The lowest BCUT2D eigenvalue weighted by atomic mass is 9.91. The Hall–Kier alpha value is -1.93. The number of imide groups is 1. The number of fused-ring (bicyclic) bond motifs is 1. The first-order valence-corrected chi connectivity index (χ1v) is 12.8. The van der Waals surface area contributed by atoms with Crippen LogP contribution in [0.2, 0.25) is 0 Å². The Morgan fingerprint density at radius 2 is 1.88 bits per heavy atom. The van der Waals surface area contributed by atoms with Crippen molar-refractivity contribution in [2.45, 2.75) is 87.5 Å². The van der Waals surface area contributed by atoms with Crippen molar-refractivity contribution in [2.24, 2.45) is 0 Å². The van der Waals surface area contributed by atoms with E-state index >= 15 is 0 Å². The van der Waals surface area contributed by atoms with Crippen molar-refractivity contribution in [1.82, 2.24) is 15.5 Å². The van der Waals surface area contributed by atoms with Gasteiger partial charge in [0.25, 0.3) is 5.91 Å². The molecule has 1 unspecified atom stereocenters. The molecule has 174 valence electrons. The number of thioether (sulfide) groups is 1. The zero-order valence-corrected chi connectivity index (χ0v) is 19.2. The van der Waals surface area contributed by atoms with E-state index in [0.717, 1.165) is 35.6 Å². The Morgan fingerprint density at radius 3 is 2.66 bits per heavy atom. The number of nitrogens with one attached hydrogen (secondary N) is 2. The average Bonchev–Trinajstić information content (AvgIpc) is 3.08. The highest BCUT2D eigenvalue weighted by atomic mass is 32.2. The molecular formula is C24H32FN3O3S. The predicted octanol–water partition coefficient (Wildman–Crippen LogP) is 3.58. The quantitative estimate of drug-likeness (QED) is 0.299. The zero-order chi connectivity index (χ0) is 22.5. The molecule has 4 rings (SSSR count). The minimum absolute atomic E-state index is 0.116. The minimum Gasteiger partial charge on any atom is -0.322 e. The van der Waals surface area contributed by atoms with Crippen LogP contribution in [0, 0.1) is 0 Å². The van der Waals surface area contributed by atoms with E-state index in [0.29, 0.717) is 37.4 Å². The SMILES string of the molecule is O=C1CCC(N2Cc3c(SCCCCCCCN[C@H]4C[C@H](F)C4)cccc3C2=O)C(=O)N1. The largest absolute Gasteiger partial charge is 0.322 e. The van der Waals surface area contributed by atoms with Gasteiger partial charge >= 0.3 is 0 Å². The fourth-order valence-electron chi connectivity index (χ4n) is 4.65. The summed E-state index contributed by atoms with van der Waals surface area (Å²) in [6.07, 6.45) is 7.27. The number of benzene rings is 1. The van der Waals surface area contributed by atoms with Gasteiger partial charge in [-0.15, -0.1) is 11.8 Å². The van der Waals surface area contributed by atoms with Gasteiger partial charge < -0.3 is 10.2 Å². The van der Waals surface area contributed by atoms with Crippen molar-refractivity contribution in [2.75, 3.05) is 12.3 Å². The molecule has 2 heterocycles. The van der Waals surface area contributed by atoms with Gasteiger partial charge in [-0.05, 0) is 62.1 Å². The lowest BCUT2D eigenvalue weighted by molar-refractivity contribution is -0.136. The van der Waals surface area contributed by atoms with Gasteiger partial charge in [-0.2, -0.15) is 0 Å². The maximum atomic E-state index is 12.9. The molecule has 8 heteroatoms. The van der Waals surface area contributed by atoms with Crippen LogP contribution in [-0.4, -0.2) is 53.2 Å². The van der Waals surface area contributed by atoms with Crippen LogP contribution in [0.1, 0.15) is 73.7 Å². The predicted molar refractivity (Wildman–Crippen MR) is 122 cm³/mol. The summed E-state index contributed by atoms with van der Waals surface area (Å²) in [7, 11) is 0. The van der Waals surface area contributed by atoms with E-state index in [-0.39, 0.29) is 24.1 Å². The Kier molecular flexibility index (Phi) is 7.84. The molecule has 1 atom stereocenters. The van der Waals surface area contributed by atoms with Crippen molar-refractivity contribution in [3.05, 3.63) is 29.3 Å². The number of piperidine rings is 1. The highest BCUT2D eigenvalue weighted by molar-refractivity contribution is 7.99. The number of amides is 3. The van der Waals surface area contributed by atoms with Crippen LogP contribution in [0.25, 0.3) is 0 Å². The number of hydrogen-bond donors (Lipinski definition) is 2. The first kappa shape index (κ1) is 23.2. The first-order valence-electron chi connectivity index (χ1n) is 11.8. The van der Waals surface area contributed by atoms with Crippen LogP contribution in [0.15, 0.2) is 23.1 Å². The van der Waals surface area contributed by atoms with Crippen LogP contribution >= 0.6 is 11.8 Å². The zero-order valence-electron chi connectivity index (χ0n) is 18.4. The van der Waals surface area contributed by atoms with Gasteiger partial charge in [-0.1, -0.05) is 25.3 Å². The molecule has 6 nitrogen and oxygen atoms in total. The highest BCUT2D eigenvalue weighted by Crippen LogP contribution is 2.34. The highest BCUT2D eigenvalue weighted by Gasteiger charge is 2.39. The van der Waals surface area contributed by atoms with Gasteiger partial charge in [0.1, 0.15) is 12.2 Å². The van der Waals surface area contributed by atoms with Crippen LogP contribution in [0.3, 0.4) is 0 Å². The van der Waals surface area contributed by atoms with E-state index in [4.69, 9.17) is 0 Å². The van der Waals surface area contributed by atoms with Crippen LogP contribution in [0.4, 0.5) is 4.39 Å². The topological polar surface area (TPSA) is 78.5 Å². The smallest absolute Gasteiger partial charge is 0.255 e. The minimum atomic E-state index is -0.588. The van der Waals surface area contributed by atoms with Crippen molar-refractivity contribution in [1.29, 1.82) is 0 Å². The number of carbonyl (C=O) groups excluding carboxylic acids is 3. The number of halogens is 1. The fourth-order valence-corrected chi connectivity index (χ4v) is 5.75. The second kappa shape index (κ2) is 10.8. The number of unbranched alkanes of at least 4 members (excludes halogenated alkanes) is 4. The van der Waals surface area contributed by atoms with E-state index in [1.54, 1.807) is 16.7 Å².